The lowest BCUT2D eigenvalue weighted by molar-refractivity contribution is 0.0936. The molecule has 122 valence electrons. The smallest absolute Gasteiger partial charge is 0.271 e. The summed E-state index contributed by atoms with van der Waals surface area (Å²) < 4.78 is 6.22. The molecule has 2 heterocycles. The summed E-state index contributed by atoms with van der Waals surface area (Å²) in [7, 11) is 0. The van der Waals surface area contributed by atoms with Crippen LogP contribution in [0.4, 0.5) is 0 Å². The predicted molar refractivity (Wildman–Crippen MR) is 90.6 cm³/mol. The lowest BCUT2D eigenvalue weighted by Crippen LogP contribution is -2.36. The fourth-order valence-corrected chi connectivity index (χ4v) is 2.52. The van der Waals surface area contributed by atoms with Crippen LogP contribution in [-0.4, -0.2) is 21.4 Å². The summed E-state index contributed by atoms with van der Waals surface area (Å²) in [6.45, 7) is 0.180. The second-order valence-corrected chi connectivity index (χ2v) is 6.62. The van der Waals surface area contributed by atoms with Gasteiger partial charge in [-0.3, -0.25) is 9.78 Å². The van der Waals surface area contributed by atoms with Gasteiger partial charge in [-0.25, -0.2) is 4.98 Å². The maximum absolute atomic E-state index is 12.1. The highest BCUT2D eigenvalue weighted by Crippen LogP contribution is 2.34. The SMILES string of the molecule is N#CC1(NC(=O)c2cc(Cl)c(COc3cccc(Br)n3)cn2)CC1. The summed E-state index contributed by atoms with van der Waals surface area (Å²) in [5.74, 6) is 0.0454. The molecule has 0 aliphatic heterocycles. The molecule has 0 radical (unpaired) electrons. The Morgan fingerprint density at radius 3 is 2.92 bits per heavy atom. The highest BCUT2D eigenvalue weighted by Gasteiger charge is 2.44. The minimum Gasteiger partial charge on any atom is -0.473 e. The first kappa shape index (κ1) is 16.7. The Morgan fingerprint density at radius 2 is 2.29 bits per heavy atom. The predicted octanol–water partition coefficient (Wildman–Crippen LogP) is 3.26. The van der Waals surface area contributed by atoms with Crippen molar-refractivity contribution in [2.75, 3.05) is 0 Å². The third-order valence-corrected chi connectivity index (χ3v) is 4.34. The zero-order chi connectivity index (χ0) is 17.2. The molecule has 2 aromatic heterocycles. The number of amides is 1. The van der Waals surface area contributed by atoms with Gasteiger partial charge in [0.2, 0.25) is 5.88 Å². The first-order chi connectivity index (χ1) is 11.5. The van der Waals surface area contributed by atoms with Crippen molar-refractivity contribution < 1.29 is 9.53 Å². The summed E-state index contributed by atoms with van der Waals surface area (Å²) >= 11 is 9.46. The largest absolute Gasteiger partial charge is 0.473 e. The molecule has 1 fully saturated rings. The van der Waals surface area contributed by atoms with E-state index in [1.54, 1.807) is 12.1 Å². The fraction of sp³-hybridized carbons (Fsp3) is 0.250. The van der Waals surface area contributed by atoms with Crippen LogP contribution in [0.5, 0.6) is 5.88 Å². The number of ether oxygens (including phenoxy) is 1. The van der Waals surface area contributed by atoms with Crippen LogP contribution in [0.15, 0.2) is 35.1 Å². The van der Waals surface area contributed by atoms with Gasteiger partial charge in [-0.2, -0.15) is 5.26 Å². The molecule has 0 spiro atoms. The van der Waals surface area contributed by atoms with E-state index in [-0.39, 0.29) is 12.3 Å². The van der Waals surface area contributed by atoms with Crippen LogP contribution in [-0.2, 0) is 6.61 Å². The van der Waals surface area contributed by atoms with Gasteiger partial charge >= 0.3 is 0 Å². The van der Waals surface area contributed by atoms with E-state index in [1.807, 2.05) is 6.07 Å². The van der Waals surface area contributed by atoms with Gasteiger partial charge in [-0.1, -0.05) is 17.7 Å². The summed E-state index contributed by atoms with van der Waals surface area (Å²) in [4.78, 5) is 20.4. The fourth-order valence-electron chi connectivity index (χ4n) is 1.98. The van der Waals surface area contributed by atoms with E-state index in [9.17, 15) is 4.79 Å². The quantitative estimate of drug-likeness (QED) is 0.769. The van der Waals surface area contributed by atoms with Crippen LogP contribution in [0, 0.1) is 11.3 Å². The van der Waals surface area contributed by atoms with Crippen molar-refractivity contribution in [3.63, 3.8) is 0 Å². The van der Waals surface area contributed by atoms with E-state index in [4.69, 9.17) is 21.6 Å². The first-order valence-electron chi connectivity index (χ1n) is 7.15. The second-order valence-electron chi connectivity index (χ2n) is 5.40. The Balaban J connectivity index is 1.66. The zero-order valence-electron chi connectivity index (χ0n) is 12.4. The molecule has 0 unspecified atom stereocenters. The number of hydrogen-bond donors (Lipinski definition) is 1. The van der Waals surface area contributed by atoms with Crippen LogP contribution < -0.4 is 10.1 Å². The Hall–Kier alpha value is -2.17. The number of pyridine rings is 2. The van der Waals surface area contributed by atoms with Crippen LogP contribution in [0.2, 0.25) is 5.02 Å². The number of carbonyl (C=O) groups is 1. The van der Waals surface area contributed by atoms with Crippen LogP contribution in [0.3, 0.4) is 0 Å². The maximum Gasteiger partial charge on any atom is 0.271 e. The van der Waals surface area contributed by atoms with Crippen molar-refractivity contribution in [1.29, 1.82) is 5.26 Å². The van der Waals surface area contributed by atoms with Gasteiger partial charge in [0, 0.05) is 17.8 Å². The minimum absolute atomic E-state index is 0.172. The molecule has 1 amide bonds. The number of nitriles is 1. The van der Waals surface area contributed by atoms with Gasteiger partial charge in [-0.05, 0) is 40.9 Å². The van der Waals surface area contributed by atoms with Gasteiger partial charge in [0.1, 0.15) is 22.4 Å². The Labute approximate surface area is 151 Å². The number of aromatic nitrogens is 2. The van der Waals surface area contributed by atoms with Crippen molar-refractivity contribution in [3.05, 3.63) is 51.3 Å². The van der Waals surface area contributed by atoms with Crippen molar-refractivity contribution in [3.8, 4) is 11.9 Å². The van der Waals surface area contributed by atoms with Gasteiger partial charge < -0.3 is 10.1 Å². The number of nitrogens with zero attached hydrogens (tertiary/aromatic N) is 3. The molecule has 0 bridgehead atoms. The van der Waals surface area contributed by atoms with E-state index < -0.39 is 11.4 Å². The lowest BCUT2D eigenvalue weighted by Gasteiger charge is -2.10. The maximum atomic E-state index is 12.1. The molecule has 2 aromatic rings. The number of rotatable bonds is 5. The average molecular weight is 408 g/mol. The van der Waals surface area contributed by atoms with Gasteiger partial charge in [-0.15, -0.1) is 0 Å². The summed E-state index contributed by atoms with van der Waals surface area (Å²) in [6.07, 6.45) is 2.81. The van der Waals surface area contributed by atoms with E-state index in [1.165, 1.54) is 12.3 Å². The van der Waals surface area contributed by atoms with E-state index in [0.29, 0.717) is 33.9 Å². The topological polar surface area (TPSA) is 87.9 Å². The average Bonchev–Trinajstić information content (AvgIpc) is 3.34. The molecule has 1 aliphatic carbocycles. The van der Waals surface area contributed by atoms with Crippen molar-refractivity contribution in [2.45, 2.75) is 25.0 Å². The van der Waals surface area contributed by atoms with Gasteiger partial charge in [0.15, 0.2) is 0 Å². The van der Waals surface area contributed by atoms with E-state index in [0.717, 1.165) is 0 Å². The molecule has 0 aromatic carbocycles. The summed E-state index contributed by atoms with van der Waals surface area (Å²) in [5, 5.41) is 12.1. The van der Waals surface area contributed by atoms with E-state index in [2.05, 4.69) is 37.3 Å². The molecule has 0 saturated heterocycles. The van der Waals surface area contributed by atoms with Crippen LogP contribution in [0.25, 0.3) is 0 Å². The van der Waals surface area contributed by atoms with E-state index >= 15 is 0 Å². The lowest BCUT2D eigenvalue weighted by atomic mass is 10.2. The second kappa shape index (κ2) is 6.75. The summed E-state index contributed by atoms with van der Waals surface area (Å²) in [5.41, 5.74) is 0.0709. The Kier molecular flexibility index (Phi) is 4.69. The monoisotopic (exact) mass is 406 g/mol. The number of nitrogens with one attached hydrogen (secondary N) is 1. The molecule has 1 aliphatic rings. The molecule has 1 N–H and O–H groups in total. The molecule has 24 heavy (non-hydrogen) atoms. The van der Waals surface area contributed by atoms with Crippen molar-refractivity contribution in [1.82, 2.24) is 15.3 Å². The first-order valence-corrected chi connectivity index (χ1v) is 8.32. The van der Waals surface area contributed by atoms with Crippen LogP contribution >= 0.6 is 27.5 Å². The molecule has 0 atom stereocenters. The third kappa shape index (κ3) is 3.83. The van der Waals surface area contributed by atoms with Crippen LogP contribution in [0.1, 0.15) is 28.9 Å². The zero-order valence-corrected chi connectivity index (χ0v) is 14.8. The molecular weight excluding hydrogens is 396 g/mol. The normalized spacial score (nSPS) is 14.5. The number of halogens is 2. The Morgan fingerprint density at radius 1 is 1.50 bits per heavy atom. The summed E-state index contributed by atoms with van der Waals surface area (Å²) in [6, 6.07) is 8.90. The highest BCUT2D eigenvalue weighted by atomic mass is 79.9. The minimum atomic E-state index is -0.737. The standard InChI is InChI=1S/C16H12BrClN4O2/c17-13-2-1-3-14(21-13)24-8-10-7-20-12(6-11(10)18)15(23)22-16(9-19)4-5-16/h1-3,6-7H,4-5,8H2,(H,22,23). The van der Waals surface area contributed by atoms with Gasteiger partial charge in [0.25, 0.3) is 5.91 Å². The third-order valence-electron chi connectivity index (χ3n) is 3.54. The van der Waals surface area contributed by atoms with Crippen molar-refractivity contribution >= 4 is 33.4 Å². The molecule has 6 nitrogen and oxygen atoms in total. The molecular formula is C16H12BrClN4O2. The number of carbonyl (C=O) groups excluding carboxylic acids is 1. The number of hydrogen-bond acceptors (Lipinski definition) is 5. The molecule has 1 saturated carbocycles. The molecule has 8 heteroatoms. The Bertz CT molecular complexity index is 833. The highest BCUT2D eigenvalue weighted by molar-refractivity contribution is 9.10. The molecule has 3 rings (SSSR count). The van der Waals surface area contributed by atoms with Crippen molar-refractivity contribution in [2.24, 2.45) is 0 Å². The van der Waals surface area contributed by atoms with Gasteiger partial charge in [0.05, 0.1) is 11.1 Å².